The summed E-state index contributed by atoms with van der Waals surface area (Å²) in [4.78, 5) is 28.5. The fourth-order valence-corrected chi connectivity index (χ4v) is 4.96. The number of nitriles is 1. The van der Waals surface area contributed by atoms with E-state index in [1.54, 1.807) is 0 Å². The summed E-state index contributed by atoms with van der Waals surface area (Å²) in [7, 11) is 0. The van der Waals surface area contributed by atoms with Crippen molar-refractivity contribution in [2.24, 2.45) is 0 Å². The SMILES string of the molecule is N#Cc1ccc(N2C(=O)N(c3ccc(C(=O)NC(CO)CO)c(F)c3)[C@H]3CCCC[C@@H]32)cc1C(F)(F)F.S.S. The molecule has 1 saturated carbocycles. The summed E-state index contributed by atoms with van der Waals surface area (Å²) in [6.07, 6.45) is -2.19. The van der Waals surface area contributed by atoms with Gasteiger partial charge < -0.3 is 15.5 Å². The Hall–Kier alpha value is -2.99. The number of hydrogen-bond acceptors (Lipinski definition) is 5. The molecule has 0 spiro atoms. The van der Waals surface area contributed by atoms with Crippen LogP contribution in [0.15, 0.2) is 36.4 Å². The first-order valence-corrected chi connectivity index (χ1v) is 11.7. The third-order valence-corrected chi connectivity index (χ3v) is 6.73. The molecule has 2 fully saturated rings. The molecule has 2 aromatic carbocycles. The maximum absolute atomic E-state index is 15.0. The van der Waals surface area contributed by atoms with Crippen LogP contribution in [0.2, 0.25) is 0 Å². The van der Waals surface area contributed by atoms with Gasteiger partial charge in [0.25, 0.3) is 5.91 Å². The number of amides is 3. The molecular formula is C25H28F4N4O4S2. The van der Waals surface area contributed by atoms with Crippen LogP contribution in [0.5, 0.6) is 0 Å². The standard InChI is InChI=1S/C25H24F4N4O4.2H2S/c26-20-10-17(7-8-18(20)23(36)31-15(12-34)13-35)33-22-4-2-1-3-21(22)32(24(33)37)16-6-5-14(11-30)19(9-16)25(27,28)29;;/h5-10,15,21-22,34-35H,1-4,12-13H2,(H,31,36);2*1H2/t21-,22-;;/m0../s1. The van der Waals surface area contributed by atoms with Crippen LogP contribution in [0, 0.1) is 17.1 Å². The highest BCUT2D eigenvalue weighted by molar-refractivity contribution is 7.59. The van der Waals surface area contributed by atoms with E-state index < -0.39 is 66.4 Å². The Balaban J connectivity index is 0.00000267. The zero-order chi connectivity index (χ0) is 26.9. The lowest BCUT2D eigenvalue weighted by molar-refractivity contribution is -0.137. The Kier molecular flexibility index (Phi) is 10.7. The Morgan fingerprint density at radius 3 is 2.05 bits per heavy atom. The van der Waals surface area contributed by atoms with Crippen LogP contribution in [0.25, 0.3) is 0 Å². The lowest BCUT2D eigenvalue weighted by Crippen LogP contribution is -2.41. The third kappa shape index (κ3) is 6.27. The first-order valence-electron chi connectivity index (χ1n) is 11.7. The van der Waals surface area contributed by atoms with Crippen molar-refractivity contribution in [3.05, 3.63) is 58.9 Å². The van der Waals surface area contributed by atoms with Gasteiger partial charge in [-0.2, -0.15) is 45.4 Å². The van der Waals surface area contributed by atoms with E-state index in [9.17, 15) is 27.2 Å². The van der Waals surface area contributed by atoms with Crippen LogP contribution in [0.1, 0.15) is 47.2 Å². The maximum atomic E-state index is 15.0. The predicted molar refractivity (Wildman–Crippen MR) is 145 cm³/mol. The van der Waals surface area contributed by atoms with Crippen molar-refractivity contribution in [2.45, 2.75) is 50.0 Å². The van der Waals surface area contributed by atoms with E-state index in [0.717, 1.165) is 31.0 Å². The lowest BCUT2D eigenvalue weighted by Gasteiger charge is -2.32. The summed E-state index contributed by atoms with van der Waals surface area (Å²) in [5.74, 6) is -1.81. The Bertz CT molecular complexity index is 1250. The number of alkyl halides is 3. The molecule has 1 aliphatic carbocycles. The topological polar surface area (TPSA) is 117 Å². The second kappa shape index (κ2) is 12.9. The average Bonchev–Trinajstić information content (AvgIpc) is 3.17. The number of nitrogens with zero attached hydrogens (tertiary/aromatic N) is 3. The van der Waals surface area contributed by atoms with Crippen molar-refractivity contribution in [3.8, 4) is 6.07 Å². The lowest BCUT2D eigenvalue weighted by atomic mass is 9.89. The molecule has 39 heavy (non-hydrogen) atoms. The molecule has 2 aliphatic rings. The van der Waals surface area contributed by atoms with E-state index in [-0.39, 0.29) is 43.9 Å². The van der Waals surface area contributed by atoms with E-state index >= 15 is 0 Å². The number of nitrogens with one attached hydrogen (secondary N) is 1. The van der Waals surface area contributed by atoms with Crippen LogP contribution in [0.3, 0.4) is 0 Å². The molecule has 4 rings (SSSR count). The number of fused-ring (bicyclic) bond motifs is 1. The minimum Gasteiger partial charge on any atom is -0.394 e. The number of benzene rings is 2. The molecule has 212 valence electrons. The molecule has 1 aliphatic heterocycles. The molecule has 0 unspecified atom stereocenters. The third-order valence-electron chi connectivity index (χ3n) is 6.73. The molecule has 1 saturated heterocycles. The molecule has 0 radical (unpaired) electrons. The number of urea groups is 1. The fraction of sp³-hybridized carbons (Fsp3) is 0.400. The number of carbonyl (C=O) groups is 2. The van der Waals surface area contributed by atoms with Gasteiger partial charge in [0.2, 0.25) is 0 Å². The van der Waals surface area contributed by atoms with Crippen LogP contribution in [-0.2, 0) is 6.18 Å². The predicted octanol–water partition coefficient (Wildman–Crippen LogP) is 3.78. The molecule has 8 nitrogen and oxygen atoms in total. The molecule has 2 atom stereocenters. The van der Waals surface area contributed by atoms with E-state index in [1.165, 1.54) is 34.1 Å². The quantitative estimate of drug-likeness (QED) is 0.444. The van der Waals surface area contributed by atoms with Crippen LogP contribution < -0.4 is 15.1 Å². The highest BCUT2D eigenvalue weighted by Crippen LogP contribution is 2.42. The molecule has 3 amide bonds. The molecule has 0 aromatic heterocycles. The fourth-order valence-electron chi connectivity index (χ4n) is 4.96. The zero-order valence-corrected chi connectivity index (χ0v) is 22.5. The first-order chi connectivity index (χ1) is 17.6. The molecule has 0 bridgehead atoms. The minimum atomic E-state index is -4.79. The van der Waals surface area contributed by atoms with Crippen LogP contribution >= 0.6 is 27.0 Å². The highest BCUT2D eigenvalue weighted by atomic mass is 32.1. The number of halogens is 4. The van der Waals surface area contributed by atoms with E-state index in [0.29, 0.717) is 12.8 Å². The van der Waals surface area contributed by atoms with E-state index in [2.05, 4.69) is 5.32 Å². The summed E-state index contributed by atoms with van der Waals surface area (Å²) in [6.45, 7) is -1.09. The number of hydrogen-bond donors (Lipinski definition) is 3. The first kappa shape index (κ1) is 32.2. The molecule has 2 aromatic rings. The zero-order valence-electron chi connectivity index (χ0n) is 20.5. The average molecular weight is 589 g/mol. The smallest absolute Gasteiger partial charge is 0.394 e. The van der Waals surface area contributed by atoms with Crippen molar-refractivity contribution in [3.63, 3.8) is 0 Å². The van der Waals surface area contributed by atoms with Crippen molar-refractivity contribution in [1.29, 1.82) is 5.26 Å². The van der Waals surface area contributed by atoms with Crippen molar-refractivity contribution >= 4 is 50.3 Å². The van der Waals surface area contributed by atoms with Crippen molar-refractivity contribution < 1.29 is 37.4 Å². The Morgan fingerprint density at radius 2 is 1.56 bits per heavy atom. The van der Waals surface area contributed by atoms with Gasteiger partial charge in [-0.15, -0.1) is 0 Å². The van der Waals surface area contributed by atoms with Gasteiger partial charge in [-0.1, -0.05) is 12.8 Å². The van der Waals surface area contributed by atoms with E-state index in [4.69, 9.17) is 15.5 Å². The molecule has 1 heterocycles. The Morgan fingerprint density at radius 1 is 1.03 bits per heavy atom. The second-order valence-corrected chi connectivity index (χ2v) is 8.98. The second-order valence-electron chi connectivity index (χ2n) is 8.98. The van der Waals surface area contributed by atoms with Gasteiger partial charge in [-0.25, -0.2) is 9.18 Å². The number of rotatable bonds is 6. The summed E-state index contributed by atoms with van der Waals surface area (Å²) in [6, 6.07) is 5.70. The Labute approximate surface area is 236 Å². The summed E-state index contributed by atoms with van der Waals surface area (Å²) >= 11 is 0. The number of aliphatic hydroxyl groups is 2. The normalized spacial score (nSPS) is 18.7. The molecule has 14 heteroatoms. The van der Waals surface area contributed by atoms with Gasteiger partial charge in [0, 0.05) is 11.4 Å². The minimum absolute atomic E-state index is 0. The monoisotopic (exact) mass is 588 g/mol. The van der Waals surface area contributed by atoms with E-state index in [1.807, 2.05) is 0 Å². The summed E-state index contributed by atoms with van der Waals surface area (Å²) in [5.41, 5.74) is -1.92. The molecular weight excluding hydrogens is 560 g/mol. The summed E-state index contributed by atoms with van der Waals surface area (Å²) < 4.78 is 55.7. The number of carbonyl (C=O) groups excluding carboxylic acids is 2. The van der Waals surface area contributed by atoms with Gasteiger partial charge in [-0.05, 0) is 49.2 Å². The van der Waals surface area contributed by atoms with Crippen LogP contribution in [0.4, 0.5) is 33.7 Å². The van der Waals surface area contributed by atoms with Gasteiger partial charge in [0.1, 0.15) is 5.82 Å². The van der Waals surface area contributed by atoms with Gasteiger partial charge in [0.05, 0.1) is 54.1 Å². The summed E-state index contributed by atoms with van der Waals surface area (Å²) in [5, 5.41) is 29.7. The van der Waals surface area contributed by atoms with Crippen LogP contribution in [-0.4, -0.2) is 53.5 Å². The van der Waals surface area contributed by atoms with Gasteiger partial charge in [-0.3, -0.25) is 14.6 Å². The molecule has 3 N–H and O–H groups in total. The van der Waals surface area contributed by atoms with Gasteiger partial charge >= 0.3 is 12.2 Å². The van der Waals surface area contributed by atoms with Crippen molar-refractivity contribution in [2.75, 3.05) is 23.0 Å². The van der Waals surface area contributed by atoms with Crippen molar-refractivity contribution in [1.82, 2.24) is 5.32 Å². The number of anilines is 2. The maximum Gasteiger partial charge on any atom is 0.417 e. The largest absolute Gasteiger partial charge is 0.417 e. The number of aliphatic hydroxyl groups excluding tert-OH is 2. The van der Waals surface area contributed by atoms with Gasteiger partial charge in [0.15, 0.2) is 0 Å². The highest BCUT2D eigenvalue weighted by Gasteiger charge is 2.48.